The maximum Gasteiger partial charge on any atom is 0.319 e. The van der Waals surface area contributed by atoms with Gasteiger partial charge >= 0.3 is 6.03 Å². The molecule has 0 aliphatic carbocycles. The van der Waals surface area contributed by atoms with E-state index in [9.17, 15) is 9.59 Å². The van der Waals surface area contributed by atoms with E-state index in [-0.39, 0.29) is 6.03 Å². The molecule has 0 aliphatic rings. The molecule has 22 heavy (non-hydrogen) atoms. The largest absolute Gasteiger partial charge is 0.366 e. The average Bonchev–Trinajstić information content (AvgIpc) is 2.46. The lowest BCUT2D eigenvalue weighted by Crippen LogP contribution is -2.28. The van der Waals surface area contributed by atoms with Crippen LogP contribution < -0.4 is 16.4 Å². The minimum absolute atomic E-state index is 0.332. The molecule has 3 amide bonds. The van der Waals surface area contributed by atoms with Crippen LogP contribution >= 0.6 is 11.6 Å². The number of primary amides is 1. The van der Waals surface area contributed by atoms with Crippen molar-refractivity contribution in [2.45, 2.75) is 13.5 Å². The van der Waals surface area contributed by atoms with E-state index in [1.54, 1.807) is 37.3 Å². The molecule has 0 aromatic heterocycles. The maximum atomic E-state index is 11.8. The van der Waals surface area contributed by atoms with Gasteiger partial charge in [-0.1, -0.05) is 23.7 Å². The van der Waals surface area contributed by atoms with E-state index in [2.05, 4.69) is 10.6 Å². The monoisotopic (exact) mass is 317 g/mol. The number of amides is 3. The maximum absolute atomic E-state index is 11.8. The van der Waals surface area contributed by atoms with Crippen LogP contribution in [0.2, 0.25) is 5.02 Å². The third-order valence-electron chi connectivity index (χ3n) is 3.12. The topological polar surface area (TPSA) is 84.2 Å². The Labute approximate surface area is 133 Å². The second kappa shape index (κ2) is 6.95. The second-order valence-corrected chi connectivity index (χ2v) is 5.26. The molecule has 0 atom stereocenters. The minimum Gasteiger partial charge on any atom is -0.366 e. The first kappa shape index (κ1) is 15.9. The van der Waals surface area contributed by atoms with Gasteiger partial charge in [-0.15, -0.1) is 0 Å². The molecule has 0 unspecified atom stereocenters. The van der Waals surface area contributed by atoms with Gasteiger partial charge in [0, 0.05) is 22.8 Å². The molecule has 0 spiro atoms. The smallest absolute Gasteiger partial charge is 0.319 e. The number of nitrogens with two attached hydrogens (primary N) is 1. The summed E-state index contributed by atoms with van der Waals surface area (Å²) in [5, 5.41) is 6.09. The first-order valence-electron chi connectivity index (χ1n) is 6.65. The molecule has 0 aliphatic heterocycles. The second-order valence-electron chi connectivity index (χ2n) is 4.83. The van der Waals surface area contributed by atoms with Crippen molar-refractivity contribution in [1.82, 2.24) is 5.32 Å². The van der Waals surface area contributed by atoms with E-state index in [1.165, 1.54) is 0 Å². The zero-order valence-corrected chi connectivity index (χ0v) is 12.8. The van der Waals surface area contributed by atoms with Crippen LogP contribution in [0.15, 0.2) is 42.5 Å². The van der Waals surface area contributed by atoms with Gasteiger partial charge in [0.05, 0.1) is 0 Å². The summed E-state index contributed by atoms with van der Waals surface area (Å²) in [6, 6.07) is 11.8. The number of hydrogen-bond acceptors (Lipinski definition) is 2. The van der Waals surface area contributed by atoms with Crippen LogP contribution in [0.3, 0.4) is 0 Å². The fourth-order valence-corrected chi connectivity index (χ4v) is 2.10. The molecule has 0 heterocycles. The summed E-state index contributed by atoms with van der Waals surface area (Å²) < 4.78 is 0. The number of anilines is 1. The lowest BCUT2D eigenvalue weighted by molar-refractivity contribution is 0.0999. The number of urea groups is 1. The zero-order valence-electron chi connectivity index (χ0n) is 12.0. The molecule has 4 N–H and O–H groups in total. The summed E-state index contributed by atoms with van der Waals surface area (Å²) in [6.07, 6.45) is 0. The van der Waals surface area contributed by atoms with Crippen LogP contribution in [0.5, 0.6) is 0 Å². The zero-order chi connectivity index (χ0) is 16.1. The quantitative estimate of drug-likeness (QED) is 0.809. The van der Waals surface area contributed by atoms with Gasteiger partial charge < -0.3 is 16.4 Å². The Morgan fingerprint density at radius 1 is 1.14 bits per heavy atom. The number of benzene rings is 2. The predicted octanol–water partition coefficient (Wildman–Crippen LogP) is 3.07. The van der Waals surface area contributed by atoms with Crippen LogP contribution in [0.1, 0.15) is 21.5 Å². The van der Waals surface area contributed by atoms with Crippen LogP contribution in [0.4, 0.5) is 10.5 Å². The van der Waals surface area contributed by atoms with E-state index in [4.69, 9.17) is 17.3 Å². The number of carbonyl (C=O) groups is 2. The summed E-state index contributed by atoms with van der Waals surface area (Å²) in [4.78, 5) is 23.0. The summed E-state index contributed by atoms with van der Waals surface area (Å²) in [6.45, 7) is 2.15. The van der Waals surface area contributed by atoms with Crippen molar-refractivity contribution in [1.29, 1.82) is 0 Å². The van der Waals surface area contributed by atoms with Gasteiger partial charge in [0.25, 0.3) is 0 Å². The molecule has 0 fully saturated rings. The molecule has 0 radical (unpaired) electrons. The highest BCUT2D eigenvalue weighted by atomic mass is 35.5. The Morgan fingerprint density at radius 2 is 1.82 bits per heavy atom. The van der Waals surface area contributed by atoms with Crippen LogP contribution in [0, 0.1) is 6.92 Å². The van der Waals surface area contributed by atoms with E-state index in [0.29, 0.717) is 28.4 Å². The van der Waals surface area contributed by atoms with E-state index < -0.39 is 5.91 Å². The molecule has 0 saturated heterocycles. The van der Waals surface area contributed by atoms with Crippen molar-refractivity contribution >= 4 is 29.2 Å². The van der Waals surface area contributed by atoms with E-state index in [1.807, 2.05) is 12.1 Å². The fraction of sp³-hybridized carbons (Fsp3) is 0.125. The third-order valence-corrected chi connectivity index (χ3v) is 3.37. The summed E-state index contributed by atoms with van der Waals surface area (Å²) in [7, 11) is 0. The molecular weight excluding hydrogens is 302 g/mol. The number of hydrogen-bond donors (Lipinski definition) is 3. The van der Waals surface area contributed by atoms with Gasteiger partial charge in [0.2, 0.25) is 5.91 Å². The fourth-order valence-electron chi connectivity index (χ4n) is 1.98. The average molecular weight is 318 g/mol. The van der Waals surface area contributed by atoms with Gasteiger partial charge in [0.1, 0.15) is 0 Å². The van der Waals surface area contributed by atoms with Crippen LogP contribution in [0.25, 0.3) is 0 Å². The van der Waals surface area contributed by atoms with Gasteiger partial charge in [-0.3, -0.25) is 4.79 Å². The Morgan fingerprint density at radius 3 is 2.41 bits per heavy atom. The number of aryl methyl sites for hydroxylation is 1. The number of rotatable bonds is 4. The lowest BCUT2D eigenvalue weighted by atomic mass is 10.1. The van der Waals surface area contributed by atoms with E-state index in [0.717, 1.165) is 5.56 Å². The summed E-state index contributed by atoms with van der Waals surface area (Å²) >= 11 is 5.80. The molecule has 2 aromatic carbocycles. The standard InChI is InChI=1S/C16H16ClN3O2/c1-10-8-13(6-7-14(10)15(18)21)20-16(22)19-9-11-2-4-12(17)5-3-11/h2-8H,9H2,1H3,(H2,18,21)(H2,19,20,22). The number of nitrogens with one attached hydrogen (secondary N) is 2. The summed E-state index contributed by atoms with van der Waals surface area (Å²) in [5.41, 5.74) is 7.93. The van der Waals surface area contributed by atoms with Gasteiger partial charge in [-0.2, -0.15) is 0 Å². The van der Waals surface area contributed by atoms with Crippen molar-refractivity contribution in [2.24, 2.45) is 5.73 Å². The molecule has 0 bridgehead atoms. The van der Waals surface area contributed by atoms with Gasteiger partial charge in [0.15, 0.2) is 0 Å². The van der Waals surface area contributed by atoms with Gasteiger partial charge in [-0.05, 0) is 48.4 Å². The van der Waals surface area contributed by atoms with Crippen molar-refractivity contribution in [3.8, 4) is 0 Å². The number of carbonyl (C=O) groups excluding carboxylic acids is 2. The highest BCUT2D eigenvalue weighted by Gasteiger charge is 2.07. The molecular formula is C16H16ClN3O2. The van der Waals surface area contributed by atoms with Crippen LogP contribution in [-0.2, 0) is 6.54 Å². The Bertz CT molecular complexity index is 699. The van der Waals surface area contributed by atoms with Crippen molar-refractivity contribution in [3.05, 3.63) is 64.2 Å². The molecule has 114 valence electrons. The van der Waals surface area contributed by atoms with Gasteiger partial charge in [-0.25, -0.2) is 4.79 Å². The highest BCUT2D eigenvalue weighted by molar-refractivity contribution is 6.30. The highest BCUT2D eigenvalue weighted by Crippen LogP contribution is 2.15. The van der Waals surface area contributed by atoms with E-state index >= 15 is 0 Å². The number of halogens is 1. The SMILES string of the molecule is Cc1cc(NC(=O)NCc2ccc(Cl)cc2)ccc1C(N)=O. The van der Waals surface area contributed by atoms with Crippen molar-refractivity contribution < 1.29 is 9.59 Å². The lowest BCUT2D eigenvalue weighted by Gasteiger charge is -2.09. The molecule has 0 saturated carbocycles. The minimum atomic E-state index is -0.490. The van der Waals surface area contributed by atoms with Crippen LogP contribution in [-0.4, -0.2) is 11.9 Å². The first-order chi connectivity index (χ1) is 10.5. The molecule has 2 rings (SSSR count). The molecule has 2 aromatic rings. The molecule has 6 heteroatoms. The molecule has 5 nitrogen and oxygen atoms in total. The van der Waals surface area contributed by atoms with Crippen molar-refractivity contribution in [3.63, 3.8) is 0 Å². The Balaban J connectivity index is 1.93. The summed E-state index contributed by atoms with van der Waals surface area (Å²) in [5.74, 6) is -0.490. The predicted molar refractivity (Wildman–Crippen MR) is 87.0 cm³/mol. The Kier molecular flexibility index (Phi) is 5.01. The third kappa shape index (κ3) is 4.23. The first-order valence-corrected chi connectivity index (χ1v) is 7.03. The Hall–Kier alpha value is -2.53. The normalized spacial score (nSPS) is 10.1. The van der Waals surface area contributed by atoms with Crippen molar-refractivity contribution in [2.75, 3.05) is 5.32 Å².